The van der Waals surface area contributed by atoms with Gasteiger partial charge >= 0.3 is 0 Å². The van der Waals surface area contributed by atoms with Crippen LogP contribution in [0.15, 0.2) is 72.8 Å². The lowest BCUT2D eigenvalue weighted by atomic mass is 9.36. The lowest BCUT2D eigenvalue weighted by Crippen LogP contribution is -2.60. The first-order chi connectivity index (χ1) is 28.2. The Labute approximate surface area is 354 Å². The van der Waals surface area contributed by atoms with Crippen molar-refractivity contribution in [1.82, 2.24) is 0 Å². The Hall–Kier alpha value is -5.08. The van der Waals surface area contributed by atoms with Gasteiger partial charge in [0.15, 0.2) is 23.0 Å². The van der Waals surface area contributed by atoms with E-state index >= 15 is 0 Å². The Balaban J connectivity index is 1.34. The number of nitrogens with zero attached hydrogens (tertiary/aromatic N) is 2. The standard InChI is InChI=1S/C51H55BN2O4S/c1-29(2)32-23-39-46-40(24-32)54(47-30(3)21-34(22-31(47)4)51(8,9)10)48-36-25-33(50(5,6)7)13-16-45(36)59-49(48)52(46)37-27-43-44(58-20-12-19-57-43)28-38(37)53(39)35-14-15-41-42(26-35)56-18-11-17-55-41/h13-16,21-29H,11-12,17-20H2,1-10H3. The number of benzene rings is 5. The molecule has 4 aliphatic heterocycles. The van der Waals surface area contributed by atoms with Gasteiger partial charge in [-0.25, -0.2) is 0 Å². The van der Waals surface area contributed by atoms with Gasteiger partial charge in [-0.2, -0.15) is 0 Å². The van der Waals surface area contributed by atoms with E-state index in [1.165, 1.54) is 76.4 Å². The van der Waals surface area contributed by atoms with E-state index in [-0.39, 0.29) is 23.5 Å². The molecule has 0 fully saturated rings. The highest BCUT2D eigenvalue weighted by Gasteiger charge is 2.47. The van der Waals surface area contributed by atoms with Crippen molar-refractivity contribution in [3.63, 3.8) is 0 Å². The molecule has 0 saturated heterocycles. The van der Waals surface area contributed by atoms with Crippen molar-refractivity contribution in [2.24, 2.45) is 0 Å². The molecule has 0 radical (unpaired) electrons. The van der Waals surface area contributed by atoms with Crippen LogP contribution in [-0.4, -0.2) is 33.1 Å². The lowest BCUT2D eigenvalue weighted by Gasteiger charge is -2.44. The molecule has 6 nitrogen and oxygen atoms in total. The van der Waals surface area contributed by atoms with Crippen LogP contribution in [0, 0.1) is 13.8 Å². The summed E-state index contributed by atoms with van der Waals surface area (Å²) in [7, 11) is 0. The van der Waals surface area contributed by atoms with Crippen LogP contribution in [0.2, 0.25) is 0 Å². The van der Waals surface area contributed by atoms with Crippen LogP contribution in [0.5, 0.6) is 23.0 Å². The fourth-order valence-electron chi connectivity index (χ4n) is 9.50. The van der Waals surface area contributed by atoms with Gasteiger partial charge in [-0.15, -0.1) is 11.3 Å². The number of fused-ring (bicyclic) bond motifs is 8. The fraction of sp³-hybridized carbons (Fsp3) is 0.373. The normalized spacial score (nSPS) is 15.8. The number of ether oxygens (including phenoxy) is 4. The molecule has 0 unspecified atom stereocenters. The average molecular weight is 803 g/mol. The van der Waals surface area contributed by atoms with E-state index in [1.807, 2.05) is 11.3 Å². The largest absolute Gasteiger partial charge is 0.490 e. The van der Waals surface area contributed by atoms with Crippen molar-refractivity contribution in [1.29, 1.82) is 0 Å². The molecular weight excluding hydrogens is 747 g/mol. The lowest BCUT2D eigenvalue weighted by molar-refractivity contribution is 0.296. The summed E-state index contributed by atoms with van der Waals surface area (Å²) in [4.78, 5) is 5.11. The van der Waals surface area contributed by atoms with Gasteiger partial charge in [-0.05, 0) is 112 Å². The smallest absolute Gasteiger partial charge is 0.264 e. The SMILES string of the molecule is Cc1cc(C(C)(C)C)cc(C)c1N1c2cc(C(C)C)cc3c2B(c2cc4c(cc2N3c2ccc3c(c2)OCCCO3)OCCCO4)c2sc3ccc(C(C)(C)C)cc3c21. The molecule has 0 aliphatic carbocycles. The zero-order chi connectivity index (χ0) is 41.1. The van der Waals surface area contributed by atoms with Gasteiger partial charge in [0.1, 0.15) is 0 Å². The van der Waals surface area contributed by atoms with Crippen molar-refractivity contribution >= 4 is 78.0 Å². The third-order valence-corrected chi connectivity index (χ3v) is 13.9. The third kappa shape index (κ3) is 6.19. The molecule has 0 spiro atoms. The first-order valence-electron chi connectivity index (χ1n) is 21.5. The Morgan fingerprint density at radius 2 is 1.19 bits per heavy atom. The zero-order valence-electron chi connectivity index (χ0n) is 36.3. The summed E-state index contributed by atoms with van der Waals surface area (Å²) >= 11 is 1.94. The van der Waals surface area contributed by atoms with Crippen molar-refractivity contribution in [2.75, 3.05) is 36.2 Å². The number of thiophene rings is 1. The van der Waals surface area contributed by atoms with E-state index in [0.29, 0.717) is 26.4 Å². The summed E-state index contributed by atoms with van der Waals surface area (Å²) in [5.74, 6) is 3.45. The van der Waals surface area contributed by atoms with Crippen LogP contribution in [0.1, 0.15) is 102 Å². The summed E-state index contributed by atoms with van der Waals surface area (Å²) in [6.45, 7) is 25.6. The Kier molecular flexibility index (Phi) is 8.88. The Bertz CT molecular complexity index is 2660. The maximum atomic E-state index is 6.50. The molecule has 0 amide bonds. The molecule has 5 aromatic carbocycles. The summed E-state index contributed by atoms with van der Waals surface area (Å²) < 4.78 is 28.1. The molecule has 10 rings (SSSR count). The maximum absolute atomic E-state index is 6.50. The topological polar surface area (TPSA) is 43.4 Å². The second-order valence-electron chi connectivity index (χ2n) is 19.3. The molecule has 0 saturated carbocycles. The predicted molar refractivity (Wildman–Crippen MR) is 248 cm³/mol. The Morgan fingerprint density at radius 3 is 1.81 bits per heavy atom. The highest BCUT2D eigenvalue weighted by molar-refractivity contribution is 7.33. The van der Waals surface area contributed by atoms with Crippen LogP contribution in [0.25, 0.3) is 10.1 Å². The van der Waals surface area contributed by atoms with E-state index in [9.17, 15) is 0 Å². The minimum atomic E-state index is -0.0405. The zero-order valence-corrected chi connectivity index (χ0v) is 37.1. The van der Waals surface area contributed by atoms with E-state index in [1.54, 1.807) is 0 Å². The van der Waals surface area contributed by atoms with Gasteiger partial charge in [-0.3, -0.25) is 0 Å². The molecule has 59 heavy (non-hydrogen) atoms. The highest BCUT2D eigenvalue weighted by Crippen LogP contribution is 2.52. The van der Waals surface area contributed by atoms with E-state index in [4.69, 9.17) is 18.9 Å². The van der Waals surface area contributed by atoms with Crippen molar-refractivity contribution in [3.05, 3.63) is 101 Å². The third-order valence-electron chi connectivity index (χ3n) is 12.7. The second kappa shape index (κ2) is 13.7. The van der Waals surface area contributed by atoms with E-state index < -0.39 is 0 Å². The van der Waals surface area contributed by atoms with E-state index in [0.717, 1.165) is 47.2 Å². The highest BCUT2D eigenvalue weighted by atomic mass is 32.1. The van der Waals surface area contributed by atoms with Crippen LogP contribution in [-0.2, 0) is 10.8 Å². The first kappa shape index (κ1) is 38.1. The van der Waals surface area contributed by atoms with Crippen molar-refractivity contribution in [2.45, 2.75) is 98.8 Å². The molecule has 1 aromatic heterocycles. The quantitative estimate of drug-likeness (QED) is 0.166. The van der Waals surface area contributed by atoms with Gasteiger partial charge in [-0.1, -0.05) is 73.6 Å². The van der Waals surface area contributed by atoms with Crippen LogP contribution < -0.4 is 44.4 Å². The monoisotopic (exact) mass is 802 g/mol. The van der Waals surface area contributed by atoms with Crippen LogP contribution >= 0.6 is 11.3 Å². The summed E-state index contributed by atoms with van der Waals surface area (Å²) in [6.07, 6.45) is 1.70. The Morgan fingerprint density at radius 1 is 0.593 bits per heavy atom. The maximum Gasteiger partial charge on any atom is 0.264 e. The summed E-state index contributed by atoms with van der Waals surface area (Å²) in [5.41, 5.74) is 16.2. The summed E-state index contributed by atoms with van der Waals surface area (Å²) in [6, 6.07) is 27.9. The molecular formula is C51H55BN2O4S. The number of aryl methyl sites for hydroxylation is 2. The molecule has 302 valence electrons. The van der Waals surface area contributed by atoms with E-state index in [2.05, 4.69) is 152 Å². The predicted octanol–water partition coefficient (Wildman–Crippen LogP) is 11.6. The first-order valence-corrected chi connectivity index (χ1v) is 22.3. The minimum Gasteiger partial charge on any atom is -0.490 e. The van der Waals surface area contributed by atoms with Gasteiger partial charge < -0.3 is 28.7 Å². The van der Waals surface area contributed by atoms with Gasteiger partial charge in [0.2, 0.25) is 0 Å². The molecule has 0 N–H and O–H groups in total. The number of hydrogen-bond acceptors (Lipinski definition) is 7. The molecule has 6 aromatic rings. The molecule has 8 heteroatoms. The van der Waals surface area contributed by atoms with Crippen LogP contribution in [0.4, 0.5) is 34.1 Å². The van der Waals surface area contributed by atoms with Crippen molar-refractivity contribution < 1.29 is 18.9 Å². The molecule has 0 bridgehead atoms. The van der Waals surface area contributed by atoms with Crippen LogP contribution in [0.3, 0.4) is 0 Å². The second-order valence-corrected chi connectivity index (χ2v) is 20.4. The van der Waals surface area contributed by atoms with Gasteiger partial charge in [0.25, 0.3) is 6.71 Å². The average Bonchev–Trinajstić information content (AvgIpc) is 3.30. The number of hydrogen-bond donors (Lipinski definition) is 0. The summed E-state index contributed by atoms with van der Waals surface area (Å²) in [5, 5.41) is 1.31. The fourth-order valence-corrected chi connectivity index (χ4v) is 10.8. The van der Waals surface area contributed by atoms with Gasteiger partial charge in [0, 0.05) is 56.9 Å². The molecule has 5 heterocycles. The number of rotatable bonds is 3. The van der Waals surface area contributed by atoms with Gasteiger partial charge in [0.05, 0.1) is 43.5 Å². The molecule has 0 atom stereocenters. The molecule has 4 aliphatic rings. The number of anilines is 6. The van der Waals surface area contributed by atoms with Crippen molar-refractivity contribution in [3.8, 4) is 23.0 Å². The minimum absolute atomic E-state index is 0.00587.